The first kappa shape index (κ1) is 15.9. The fraction of sp³-hybridized carbons (Fsp3) is 0.727. The summed E-state index contributed by atoms with van der Waals surface area (Å²) in [5.41, 5.74) is 0. The van der Waals surface area contributed by atoms with Crippen LogP contribution in [-0.2, 0) is 19.0 Å². The van der Waals surface area contributed by atoms with Crippen molar-refractivity contribution in [2.75, 3.05) is 13.2 Å². The fourth-order valence-corrected chi connectivity index (χ4v) is 1.92. The number of cyclic esters (lactones) is 1. The van der Waals surface area contributed by atoms with Gasteiger partial charge in [0.25, 0.3) is 0 Å². The van der Waals surface area contributed by atoms with Crippen LogP contribution in [0, 0.1) is 0 Å². The van der Waals surface area contributed by atoms with Crippen LogP contribution in [0.4, 0.5) is 0 Å². The maximum absolute atomic E-state index is 11.5. The van der Waals surface area contributed by atoms with Crippen molar-refractivity contribution in [1.29, 1.82) is 0 Å². The number of aliphatic hydroxyl groups is 6. The molecule has 2 aliphatic rings. The maximum Gasteiger partial charge on any atom is 0.378 e. The van der Waals surface area contributed by atoms with Gasteiger partial charge in [0, 0.05) is 0 Å². The lowest BCUT2D eigenvalue weighted by atomic mass is 10.1. The molecule has 10 nitrogen and oxygen atoms in total. The Labute approximate surface area is 118 Å². The van der Waals surface area contributed by atoms with Crippen molar-refractivity contribution in [2.45, 2.75) is 36.8 Å². The molecule has 0 radical (unpaired) electrons. The van der Waals surface area contributed by atoms with Crippen molar-refractivity contribution in [3.05, 3.63) is 11.5 Å². The van der Waals surface area contributed by atoms with Gasteiger partial charge in [-0.15, -0.1) is 0 Å². The summed E-state index contributed by atoms with van der Waals surface area (Å²) in [6, 6.07) is 0. The largest absolute Gasteiger partial charge is 0.505 e. The molecule has 21 heavy (non-hydrogen) atoms. The second kappa shape index (κ2) is 6.13. The van der Waals surface area contributed by atoms with Crippen molar-refractivity contribution in [3.63, 3.8) is 0 Å². The van der Waals surface area contributed by atoms with Gasteiger partial charge in [0.15, 0.2) is 11.9 Å². The maximum atomic E-state index is 11.5. The van der Waals surface area contributed by atoms with E-state index in [-0.39, 0.29) is 6.61 Å². The monoisotopic (exact) mass is 308 g/mol. The number of carbonyl (C=O) groups excluding carboxylic acids is 1. The Bertz CT molecular complexity index is 435. The predicted molar refractivity (Wildman–Crippen MR) is 61.5 cm³/mol. The van der Waals surface area contributed by atoms with Gasteiger partial charge >= 0.3 is 5.97 Å². The van der Waals surface area contributed by atoms with E-state index in [1.165, 1.54) is 0 Å². The molecule has 2 rings (SSSR count). The molecule has 0 aliphatic carbocycles. The second-order valence-electron chi connectivity index (χ2n) is 4.66. The smallest absolute Gasteiger partial charge is 0.378 e. The Morgan fingerprint density at radius 1 is 1.29 bits per heavy atom. The third-order valence-corrected chi connectivity index (χ3v) is 3.15. The molecule has 2 aliphatic heterocycles. The Hall–Kier alpha value is -1.43. The van der Waals surface area contributed by atoms with Gasteiger partial charge in [-0.05, 0) is 0 Å². The highest BCUT2D eigenvalue weighted by molar-refractivity contribution is 5.89. The number of aliphatic hydroxyl groups excluding tert-OH is 6. The summed E-state index contributed by atoms with van der Waals surface area (Å²) in [7, 11) is 0. The number of ether oxygens (including phenoxy) is 3. The van der Waals surface area contributed by atoms with Crippen LogP contribution < -0.4 is 0 Å². The van der Waals surface area contributed by atoms with Crippen LogP contribution in [0.1, 0.15) is 0 Å². The molecule has 0 saturated carbocycles. The van der Waals surface area contributed by atoms with E-state index in [0.717, 1.165) is 0 Å². The average Bonchev–Trinajstić information content (AvgIpc) is 2.74. The Morgan fingerprint density at radius 2 is 1.95 bits per heavy atom. The van der Waals surface area contributed by atoms with Gasteiger partial charge in [0.05, 0.1) is 13.2 Å². The second-order valence-corrected chi connectivity index (χ2v) is 4.66. The van der Waals surface area contributed by atoms with E-state index >= 15 is 0 Å². The summed E-state index contributed by atoms with van der Waals surface area (Å²) in [5, 5.41) is 56.3. The molecule has 6 N–H and O–H groups in total. The van der Waals surface area contributed by atoms with E-state index in [9.17, 15) is 30.3 Å². The number of hydrogen-bond donors (Lipinski definition) is 6. The molecule has 6 atom stereocenters. The van der Waals surface area contributed by atoms with Crippen molar-refractivity contribution in [1.82, 2.24) is 0 Å². The van der Waals surface area contributed by atoms with E-state index in [2.05, 4.69) is 4.74 Å². The number of esters is 1. The Kier molecular flexibility index (Phi) is 4.66. The molecule has 2 heterocycles. The summed E-state index contributed by atoms with van der Waals surface area (Å²) < 4.78 is 14.5. The molecule has 0 aromatic heterocycles. The minimum Gasteiger partial charge on any atom is -0.505 e. The number of hydrogen-bond acceptors (Lipinski definition) is 10. The van der Waals surface area contributed by atoms with E-state index < -0.39 is 60.9 Å². The van der Waals surface area contributed by atoms with Crippen molar-refractivity contribution < 1.29 is 49.6 Å². The summed E-state index contributed by atoms with van der Waals surface area (Å²) in [6.07, 6.45) is -9.08. The van der Waals surface area contributed by atoms with Gasteiger partial charge in [-0.3, -0.25) is 0 Å². The van der Waals surface area contributed by atoms with Gasteiger partial charge in [-0.2, -0.15) is 0 Å². The molecule has 0 amide bonds. The fourth-order valence-electron chi connectivity index (χ4n) is 1.92. The van der Waals surface area contributed by atoms with E-state index in [0.29, 0.717) is 0 Å². The van der Waals surface area contributed by atoms with Gasteiger partial charge in [-0.1, -0.05) is 0 Å². The van der Waals surface area contributed by atoms with Crippen LogP contribution in [0.2, 0.25) is 0 Å². The van der Waals surface area contributed by atoms with Crippen LogP contribution in [0.15, 0.2) is 11.5 Å². The predicted octanol–water partition coefficient (Wildman–Crippen LogP) is -3.51. The van der Waals surface area contributed by atoms with Crippen LogP contribution in [0.5, 0.6) is 0 Å². The minimum atomic E-state index is -1.66. The number of carbonyl (C=O) groups is 1. The SMILES string of the molecule is O=C1O[C@H]([C@@H](O)CO)C(O)=C1O[C@@H]1OC[C@@H](O)[C@H](O)[C@H]1O. The van der Waals surface area contributed by atoms with E-state index in [4.69, 9.17) is 14.6 Å². The molecule has 120 valence electrons. The summed E-state index contributed by atoms with van der Waals surface area (Å²) in [5.74, 6) is -2.60. The summed E-state index contributed by atoms with van der Waals surface area (Å²) in [4.78, 5) is 11.5. The highest BCUT2D eigenvalue weighted by Crippen LogP contribution is 2.27. The highest BCUT2D eigenvalue weighted by atomic mass is 16.7. The molecule has 0 aromatic rings. The lowest BCUT2D eigenvalue weighted by molar-refractivity contribution is -0.258. The minimum absolute atomic E-state index is 0.353. The van der Waals surface area contributed by atoms with Crippen LogP contribution in [0.3, 0.4) is 0 Å². The normalized spacial score (nSPS) is 38.3. The molecule has 1 fully saturated rings. The molecular weight excluding hydrogens is 292 g/mol. The third-order valence-electron chi connectivity index (χ3n) is 3.15. The van der Waals surface area contributed by atoms with Crippen LogP contribution in [0.25, 0.3) is 0 Å². The average molecular weight is 308 g/mol. The Morgan fingerprint density at radius 3 is 2.57 bits per heavy atom. The lowest BCUT2D eigenvalue weighted by Gasteiger charge is -2.34. The van der Waals surface area contributed by atoms with Crippen molar-refractivity contribution in [2.24, 2.45) is 0 Å². The lowest BCUT2D eigenvalue weighted by Crippen LogP contribution is -2.53. The first-order valence-corrected chi connectivity index (χ1v) is 6.12. The molecule has 10 heteroatoms. The van der Waals surface area contributed by atoms with Crippen molar-refractivity contribution >= 4 is 5.97 Å². The zero-order valence-electron chi connectivity index (χ0n) is 10.7. The number of rotatable bonds is 4. The first-order valence-electron chi connectivity index (χ1n) is 6.12. The van der Waals surface area contributed by atoms with Gasteiger partial charge in [-0.25, -0.2) is 4.79 Å². The van der Waals surface area contributed by atoms with E-state index in [1.54, 1.807) is 0 Å². The van der Waals surface area contributed by atoms with Crippen molar-refractivity contribution in [3.8, 4) is 0 Å². The van der Waals surface area contributed by atoms with Gasteiger partial charge in [0.1, 0.15) is 24.4 Å². The summed E-state index contributed by atoms with van der Waals surface area (Å²) in [6.45, 7) is -1.11. The molecular formula is C11H16O10. The summed E-state index contributed by atoms with van der Waals surface area (Å²) >= 11 is 0. The first-order chi connectivity index (χ1) is 9.86. The Balaban J connectivity index is 2.11. The molecule has 0 spiro atoms. The molecule has 0 unspecified atom stereocenters. The molecule has 0 aromatic carbocycles. The molecule has 1 saturated heterocycles. The topological polar surface area (TPSA) is 166 Å². The zero-order valence-corrected chi connectivity index (χ0v) is 10.7. The highest BCUT2D eigenvalue weighted by Gasteiger charge is 2.45. The standard InChI is InChI=1S/C11H16O10/c12-1-3(13)8-7(17)9(10(18)20-8)21-11-6(16)5(15)4(14)2-19-11/h3-6,8,11-17H,1-2H2/t3-,4+,5-,6+,8+,11-/m0/s1. The van der Waals surface area contributed by atoms with E-state index in [1.807, 2.05) is 0 Å². The van der Waals surface area contributed by atoms with Gasteiger partial charge in [0.2, 0.25) is 12.0 Å². The molecule has 0 bridgehead atoms. The third kappa shape index (κ3) is 2.95. The van der Waals surface area contributed by atoms with Crippen LogP contribution >= 0.6 is 0 Å². The van der Waals surface area contributed by atoms with Crippen LogP contribution in [-0.4, -0.2) is 86.6 Å². The zero-order chi connectivity index (χ0) is 15.7. The quantitative estimate of drug-likeness (QED) is 0.287. The van der Waals surface area contributed by atoms with Gasteiger partial charge < -0.3 is 44.8 Å².